The minimum atomic E-state index is -4.14. The molecule has 0 unspecified atom stereocenters. The van der Waals surface area contributed by atoms with Crippen molar-refractivity contribution in [2.75, 3.05) is 4.90 Å². The van der Waals surface area contributed by atoms with Gasteiger partial charge in [-0.25, -0.2) is 0 Å². The third-order valence-corrected chi connectivity index (χ3v) is 8.68. The van der Waals surface area contributed by atoms with Crippen molar-refractivity contribution in [3.63, 3.8) is 0 Å². The van der Waals surface area contributed by atoms with Crippen LogP contribution in [-0.2, 0) is 10.8 Å². The van der Waals surface area contributed by atoms with Gasteiger partial charge in [-0.1, -0.05) is 154 Å². The first-order chi connectivity index (χ1) is 39.3. The Morgan fingerprint density at radius 2 is 0.816 bits per heavy atom. The molecule has 0 heterocycles. The van der Waals surface area contributed by atoms with E-state index in [1.54, 1.807) is 0 Å². The van der Waals surface area contributed by atoms with Gasteiger partial charge in [0.2, 0.25) is 0 Å². The average Bonchev–Trinajstić information content (AvgIpc) is 1.46. The second kappa shape index (κ2) is 9.94. The smallest absolute Gasteiger partial charge is 0.0652 e. The van der Waals surface area contributed by atoms with Crippen LogP contribution in [0, 0.1) is 0 Å². The molecule has 0 bridgehead atoms. The lowest BCUT2D eigenvalue weighted by Gasteiger charge is -2.31. The van der Waals surface area contributed by atoms with Gasteiger partial charge >= 0.3 is 0 Å². The summed E-state index contributed by atoms with van der Waals surface area (Å²) in [5, 5.41) is -4.95. The number of benzene rings is 8. The normalized spacial score (nSPS) is 26.7. The topological polar surface area (TPSA) is 3.24 Å². The highest BCUT2D eigenvalue weighted by Gasteiger charge is 2.40. The second-order valence-corrected chi connectivity index (χ2v) is 11.3. The van der Waals surface area contributed by atoms with Gasteiger partial charge in [0.1, 0.15) is 0 Å². The Bertz CT molecular complexity index is 4280. The summed E-state index contributed by atoms with van der Waals surface area (Å²) in [4.78, 5) is 0.155. The highest BCUT2D eigenvalue weighted by atomic mass is 15.1. The van der Waals surface area contributed by atoms with Crippen molar-refractivity contribution in [1.82, 2.24) is 0 Å². The summed E-state index contributed by atoms with van der Waals surface area (Å²) in [6.07, 6.45) is 0. The van der Waals surface area contributed by atoms with Gasteiger partial charge in [0.15, 0.2) is 0 Å². The maximum absolute atomic E-state index is 10.4. The van der Waals surface area contributed by atoms with E-state index in [0.717, 1.165) is 0 Å². The SMILES string of the molecule is [2H]c1c([2H])c([2H])c2c(c1[2H])-c1c(N(c3c([2H])c([2H])c([2H])c4c3-c3c([2H])c([2H])c([2H])c([2H])c3C4(C([2H])([2H])[2H])C([2H])([2H])[2H])c3c([2H])c([2H])c4c5c([2H])c([2H])c([2H])c([2H])c5c5c([2H])c([2H])c([2H])c([2H])c5c4c3[2H])c([2H])c([2H])c([2H])c1C2(C([2H])([2H])[2H])C([2H])([2H])[2H]. The van der Waals surface area contributed by atoms with Gasteiger partial charge in [0.25, 0.3) is 0 Å². The van der Waals surface area contributed by atoms with Gasteiger partial charge in [-0.05, 0) is 89.9 Å². The van der Waals surface area contributed by atoms with Crippen molar-refractivity contribution in [1.29, 1.82) is 0 Å². The van der Waals surface area contributed by atoms with Gasteiger partial charge < -0.3 is 4.90 Å². The van der Waals surface area contributed by atoms with Crippen molar-refractivity contribution in [3.05, 3.63) is 173 Å². The predicted molar refractivity (Wildman–Crippen MR) is 209 cm³/mol. The number of anilines is 3. The molecule has 0 saturated carbocycles. The Hall–Kier alpha value is -5.66. The van der Waals surface area contributed by atoms with Crippen LogP contribution < -0.4 is 4.90 Å². The van der Waals surface area contributed by atoms with Crippen molar-refractivity contribution >= 4 is 49.4 Å². The lowest BCUT2D eigenvalue weighted by atomic mass is 9.82. The Labute approximate surface area is 340 Å². The second-order valence-electron chi connectivity index (χ2n) is 11.3. The summed E-state index contributed by atoms with van der Waals surface area (Å²) >= 11 is 0. The lowest BCUT2D eigenvalue weighted by Crippen LogP contribution is -2.17. The molecule has 234 valence electrons. The summed E-state index contributed by atoms with van der Waals surface area (Å²) in [5.74, 6) is 0. The van der Waals surface area contributed by atoms with Crippen LogP contribution in [0.4, 0.5) is 17.1 Å². The van der Waals surface area contributed by atoms with Crippen LogP contribution in [0.1, 0.15) is 100 Å². The van der Waals surface area contributed by atoms with Crippen molar-refractivity contribution in [2.45, 2.75) is 38.2 Å². The van der Waals surface area contributed by atoms with Crippen molar-refractivity contribution < 1.29 is 50.7 Å². The molecule has 0 N–H and O–H groups in total. The third kappa shape index (κ3) is 3.76. The van der Waals surface area contributed by atoms with E-state index in [0.29, 0.717) is 0 Å². The molecule has 1 heteroatoms. The molecular formula is C48H37N. The first-order valence-electron chi connectivity index (χ1n) is 32.9. The zero-order valence-corrected chi connectivity index (χ0v) is 24.4. The Kier molecular flexibility index (Phi) is 1.97. The van der Waals surface area contributed by atoms with Crippen LogP contribution in [-0.4, -0.2) is 0 Å². The van der Waals surface area contributed by atoms with E-state index in [2.05, 4.69) is 0 Å². The van der Waals surface area contributed by atoms with Gasteiger partial charge in [0, 0.05) is 44.1 Å². The van der Waals surface area contributed by atoms with E-state index in [1.807, 2.05) is 0 Å². The molecule has 0 fully saturated rings. The highest BCUT2D eigenvalue weighted by Crippen LogP contribution is 2.58. The molecule has 10 rings (SSSR count). The minimum absolute atomic E-state index is 0.155. The predicted octanol–water partition coefficient (Wildman–Crippen LogP) is 13.2. The molecule has 0 saturated heterocycles. The maximum atomic E-state index is 10.4. The zero-order valence-electron chi connectivity index (χ0n) is 61.4. The van der Waals surface area contributed by atoms with Gasteiger partial charge in [0.05, 0.1) is 45.6 Å². The molecule has 0 radical (unpaired) electrons. The first kappa shape index (κ1) is 9.73. The van der Waals surface area contributed by atoms with E-state index < -0.39 is 283 Å². The largest absolute Gasteiger partial charge is 0.309 e. The molecule has 2 aliphatic rings. The summed E-state index contributed by atoms with van der Waals surface area (Å²) in [6.45, 7) is -16.6. The summed E-state index contributed by atoms with van der Waals surface area (Å²) in [5.41, 5.74) is -22.8. The van der Waals surface area contributed by atoms with Gasteiger partial charge in [-0.2, -0.15) is 0 Å². The summed E-state index contributed by atoms with van der Waals surface area (Å²) < 4.78 is 341. The lowest BCUT2D eigenvalue weighted by molar-refractivity contribution is 0.660. The molecular weight excluding hydrogens is 591 g/mol. The molecule has 2 aliphatic carbocycles. The molecule has 49 heavy (non-hydrogen) atoms. The van der Waals surface area contributed by atoms with E-state index in [4.69, 9.17) is 28.8 Å². The molecule has 0 atom stereocenters. The van der Waals surface area contributed by atoms with Crippen LogP contribution in [0.15, 0.2) is 151 Å². The highest BCUT2D eigenvalue weighted by molar-refractivity contribution is 6.26. The number of rotatable bonds is 3. The average molecular weight is 665 g/mol. The van der Waals surface area contributed by atoms with Gasteiger partial charge in [-0.15, -0.1) is 0 Å². The fourth-order valence-corrected chi connectivity index (χ4v) is 6.58. The van der Waals surface area contributed by atoms with E-state index in [1.165, 1.54) is 0 Å². The van der Waals surface area contributed by atoms with E-state index in [-0.39, 0.29) is 4.90 Å². The number of hydrogen-bond acceptors (Lipinski definition) is 1. The maximum Gasteiger partial charge on any atom is 0.0652 e. The number of fused-ring (bicyclic) bond motifs is 12. The van der Waals surface area contributed by atoms with Crippen LogP contribution in [0.3, 0.4) is 0 Å². The monoisotopic (exact) mass is 665 g/mol. The Morgan fingerprint density at radius 1 is 0.408 bits per heavy atom. The standard InChI is InChI=1S/C48H37N/c1-47(2)39-21-11-9-19-36(39)45-41(47)23-13-25-43(45)49(44-26-14-24-42-46(44)37-20-10-12-22-40(37)48(42,3)4)30-27-28-35-33-17-6-5-15-31(33)32-16-7-8-18-34(32)38(35)29-30/h5-29H,1-4H3/i1D3,2D3,3D3,4D3,5D,6D,7D,8D,9D,10D,11D,12D,13D,14D,15D,16D,17D,18D,19D,20D,21D,22D,23D,24D,25D,26D,27D,28D,29D. The zero-order chi connectivity index (χ0) is 64.8. The molecule has 0 amide bonds. The molecule has 8 aromatic rings. The fourth-order valence-electron chi connectivity index (χ4n) is 6.58. The molecule has 0 aliphatic heterocycles. The Balaban J connectivity index is 1.66. The molecule has 1 nitrogen and oxygen atoms in total. The van der Waals surface area contributed by atoms with E-state index >= 15 is 0 Å². The third-order valence-electron chi connectivity index (χ3n) is 8.68. The quantitative estimate of drug-likeness (QED) is 0.170. The van der Waals surface area contributed by atoms with Crippen LogP contribution in [0.25, 0.3) is 54.6 Å². The van der Waals surface area contributed by atoms with Crippen LogP contribution in [0.2, 0.25) is 0 Å². The van der Waals surface area contributed by atoms with E-state index in [9.17, 15) is 21.9 Å². The van der Waals surface area contributed by atoms with Gasteiger partial charge in [-0.3, -0.25) is 0 Å². The van der Waals surface area contributed by atoms with Crippen LogP contribution in [0.5, 0.6) is 0 Å². The minimum Gasteiger partial charge on any atom is -0.309 e. The first-order valence-corrected chi connectivity index (χ1v) is 14.4. The molecule has 0 spiro atoms. The van der Waals surface area contributed by atoms with Crippen molar-refractivity contribution in [3.8, 4) is 22.3 Å². The number of nitrogens with zero attached hydrogens (tertiary/aromatic N) is 1. The van der Waals surface area contributed by atoms with Crippen molar-refractivity contribution in [2.24, 2.45) is 0 Å². The number of hydrogen-bond donors (Lipinski definition) is 0. The molecule has 0 aromatic heterocycles. The Morgan fingerprint density at radius 3 is 1.31 bits per heavy atom. The molecule has 8 aromatic carbocycles. The summed E-state index contributed by atoms with van der Waals surface area (Å²) in [7, 11) is 0. The van der Waals surface area contributed by atoms with Crippen LogP contribution >= 0.6 is 0 Å². The summed E-state index contributed by atoms with van der Waals surface area (Å²) in [6, 6.07) is -32.2. The fraction of sp³-hybridized carbons (Fsp3) is 0.125.